The van der Waals surface area contributed by atoms with E-state index in [9.17, 15) is 9.90 Å². The van der Waals surface area contributed by atoms with Gasteiger partial charge in [-0.1, -0.05) is 30.0 Å². The summed E-state index contributed by atoms with van der Waals surface area (Å²) >= 11 is 1.41. The number of hydrogen-bond donors (Lipinski definition) is 3. The molecular weight excluding hydrogens is 592 g/mol. The maximum Gasteiger partial charge on any atom is 0.292 e. The molecule has 45 heavy (non-hydrogen) atoms. The van der Waals surface area contributed by atoms with Crippen LogP contribution in [0.2, 0.25) is 0 Å². The molecule has 8 rings (SSSR count). The van der Waals surface area contributed by atoms with Crippen LogP contribution < -0.4 is 17.0 Å². The van der Waals surface area contributed by atoms with Crippen molar-refractivity contribution in [3.8, 4) is 22.7 Å². The third-order valence-corrected chi connectivity index (χ3v) is 8.38. The Morgan fingerprint density at radius 3 is 2.58 bits per heavy atom. The zero-order valence-electron chi connectivity index (χ0n) is 23.3. The van der Waals surface area contributed by atoms with Crippen molar-refractivity contribution in [1.29, 1.82) is 0 Å². The van der Waals surface area contributed by atoms with Gasteiger partial charge in [-0.05, 0) is 60.7 Å². The zero-order valence-corrected chi connectivity index (χ0v) is 24.1. The first-order chi connectivity index (χ1) is 21.9. The number of nitrogens with zero attached hydrogens (tertiary/aromatic N) is 8. The fraction of sp³-hybridized carbons (Fsp3) is 0.0323. The maximum absolute atomic E-state index is 14.3. The Morgan fingerprint density at radius 2 is 1.76 bits per heavy atom. The van der Waals surface area contributed by atoms with Gasteiger partial charge < -0.3 is 21.0 Å². The smallest absolute Gasteiger partial charge is 0.292 e. The molecule has 0 unspecified atom stereocenters. The predicted octanol–water partition coefficient (Wildman–Crippen LogP) is 4.50. The Balaban J connectivity index is 1.29. The lowest BCUT2D eigenvalue weighted by atomic mass is 10.1. The van der Waals surface area contributed by atoms with Gasteiger partial charge in [-0.3, -0.25) is 9.36 Å². The van der Waals surface area contributed by atoms with Crippen LogP contribution in [0.15, 0.2) is 110 Å². The lowest BCUT2D eigenvalue weighted by molar-refractivity contribution is 0.475. The van der Waals surface area contributed by atoms with Gasteiger partial charge in [0.2, 0.25) is 0 Å². The van der Waals surface area contributed by atoms with Crippen LogP contribution in [0.3, 0.4) is 0 Å². The van der Waals surface area contributed by atoms with Crippen LogP contribution in [0, 0.1) is 0 Å². The Kier molecular flexibility index (Phi) is 6.02. The molecule has 0 bridgehead atoms. The summed E-state index contributed by atoms with van der Waals surface area (Å²) in [6, 6.07) is 23.5. The van der Waals surface area contributed by atoms with Crippen LogP contribution >= 0.6 is 11.8 Å². The highest BCUT2D eigenvalue weighted by atomic mass is 32.2. The topological polar surface area (TPSA) is 181 Å². The second kappa shape index (κ2) is 10.2. The fourth-order valence-corrected chi connectivity index (χ4v) is 6.25. The molecule has 0 spiro atoms. The molecule has 14 heteroatoms. The summed E-state index contributed by atoms with van der Waals surface area (Å²) in [4.78, 5) is 28.8. The van der Waals surface area contributed by atoms with Crippen LogP contribution in [0.1, 0.15) is 5.82 Å². The fourth-order valence-electron chi connectivity index (χ4n) is 5.32. The van der Waals surface area contributed by atoms with Crippen molar-refractivity contribution in [2.24, 2.45) is 0 Å². The Hall–Kier alpha value is -6.15. The minimum atomic E-state index is -0.252. The highest BCUT2D eigenvalue weighted by molar-refractivity contribution is 7.99. The monoisotopic (exact) mass is 614 g/mol. The molecule has 0 atom stereocenters. The summed E-state index contributed by atoms with van der Waals surface area (Å²) in [6.07, 6.45) is 3.13. The Labute approximate surface area is 257 Å². The van der Waals surface area contributed by atoms with E-state index in [-0.39, 0.29) is 29.7 Å². The number of nitrogens with two attached hydrogens (primary N) is 2. The van der Waals surface area contributed by atoms with Crippen LogP contribution in [0.25, 0.3) is 44.6 Å². The third-order valence-electron chi connectivity index (χ3n) is 7.32. The van der Waals surface area contributed by atoms with E-state index in [4.69, 9.17) is 26.1 Å². The van der Waals surface area contributed by atoms with Crippen molar-refractivity contribution in [1.82, 2.24) is 38.9 Å². The molecular formula is C31H22N10O3S. The molecule has 5 aromatic heterocycles. The van der Waals surface area contributed by atoms with E-state index < -0.39 is 0 Å². The number of phenolic OH excluding ortho intramolecular Hbond substituents is 1. The lowest BCUT2D eigenvalue weighted by Gasteiger charge is -2.14. The van der Waals surface area contributed by atoms with Gasteiger partial charge >= 0.3 is 0 Å². The molecule has 0 radical (unpaired) electrons. The molecule has 0 aliphatic heterocycles. The van der Waals surface area contributed by atoms with Crippen molar-refractivity contribution in [3.05, 3.63) is 108 Å². The highest BCUT2D eigenvalue weighted by Gasteiger charge is 2.22. The number of aromatic hydroxyl groups is 1. The number of hydrogen-bond acceptors (Lipinski definition) is 11. The molecule has 220 valence electrons. The van der Waals surface area contributed by atoms with Gasteiger partial charge in [-0.2, -0.15) is 15.2 Å². The molecule has 13 nitrogen and oxygen atoms in total. The van der Waals surface area contributed by atoms with E-state index in [2.05, 4.69) is 15.0 Å². The van der Waals surface area contributed by atoms with Crippen molar-refractivity contribution < 1.29 is 9.52 Å². The van der Waals surface area contributed by atoms with E-state index >= 15 is 0 Å². The number of aromatic nitrogens is 8. The van der Waals surface area contributed by atoms with Gasteiger partial charge in [0, 0.05) is 21.6 Å². The third kappa shape index (κ3) is 4.51. The lowest BCUT2D eigenvalue weighted by Crippen LogP contribution is -2.28. The molecule has 0 aliphatic carbocycles. The van der Waals surface area contributed by atoms with Crippen LogP contribution in [0.4, 0.5) is 11.8 Å². The van der Waals surface area contributed by atoms with Gasteiger partial charge in [-0.25, -0.2) is 19.2 Å². The van der Waals surface area contributed by atoms with Crippen molar-refractivity contribution in [2.75, 3.05) is 11.5 Å². The van der Waals surface area contributed by atoms with E-state index in [1.54, 1.807) is 50.3 Å². The Morgan fingerprint density at radius 1 is 0.933 bits per heavy atom. The highest BCUT2D eigenvalue weighted by Crippen LogP contribution is 2.34. The van der Waals surface area contributed by atoms with E-state index in [1.807, 2.05) is 48.5 Å². The average molecular weight is 615 g/mol. The first-order valence-corrected chi connectivity index (χ1v) is 14.5. The van der Waals surface area contributed by atoms with Crippen molar-refractivity contribution >= 4 is 51.2 Å². The molecule has 5 N–H and O–H groups in total. The summed E-state index contributed by atoms with van der Waals surface area (Å²) in [6.45, 7) is 0.0881. The van der Waals surface area contributed by atoms with E-state index in [0.29, 0.717) is 50.4 Å². The van der Waals surface area contributed by atoms with Gasteiger partial charge in [0.15, 0.2) is 17.1 Å². The van der Waals surface area contributed by atoms with Crippen molar-refractivity contribution in [3.63, 3.8) is 0 Å². The normalized spacial score (nSPS) is 11.6. The number of rotatable bonds is 6. The van der Waals surface area contributed by atoms with Crippen LogP contribution in [0.5, 0.6) is 5.75 Å². The number of oxazole rings is 1. The number of anilines is 2. The van der Waals surface area contributed by atoms with Crippen molar-refractivity contribution in [2.45, 2.75) is 16.3 Å². The standard InChI is InChI=1S/C31H22N10O3S/c32-28-25-26(17-6-11-22-21(14-17)36-31(33)44-22)38-40(29(25)35-16-34-28)15-24-37-39-13-12-23(45-20-9-7-19(42)8-10-20)27(39)30(43)41(24)18-4-2-1-3-5-18/h1-14,16,42H,15H2,(H2,33,36)(H2,32,34,35). The van der Waals surface area contributed by atoms with Gasteiger partial charge in [0.05, 0.1) is 11.1 Å². The molecule has 5 heterocycles. The second-order valence-corrected chi connectivity index (χ2v) is 11.3. The Bertz CT molecular complexity index is 2450. The molecule has 0 saturated heterocycles. The number of para-hydroxylation sites is 1. The van der Waals surface area contributed by atoms with Gasteiger partial charge in [-0.15, -0.1) is 0 Å². The maximum atomic E-state index is 14.3. The van der Waals surface area contributed by atoms with E-state index in [1.165, 1.54) is 18.1 Å². The second-order valence-electron chi connectivity index (χ2n) is 10.2. The summed E-state index contributed by atoms with van der Waals surface area (Å²) in [7, 11) is 0. The summed E-state index contributed by atoms with van der Waals surface area (Å²) in [5.74, 6) is 0.845. The molecule has 0 saturated carbocycles. The number of benzene rings is 3. The van der Waals surface area contributed by atoms with Gasteiger partial charge in [0.25, 0.3) is 11.6 Å². The minimum absolute atomic E-state index is 0.0652. The average Bonchev–Trinajstić information content (AvgIpc) is 3.73. The first-order valence-electron chi connectivity index (χ1n) is 13.7. The molecule has 0 aliphatic rings. The van der Waals surface area contributed by atoms with Crippen LogP contribution in [-0.4, -0.2) is 44.0 Å². The summed E-state index contributed by atoms with van der Waals surface area (Å²) in [5.41, 5.74) is 15.8. The SMILES string of the molecule is Nc1nc2cc(-c3nn(Cc4nn5ccc(Sc6ccc(O)cc6)c5c(=O)n4-c4ccccc4)c4ncnc(N)c34)ccc2o1. The number of nitrogen functional groups attached to an aromatic ring is 2. The predicted molar refractivity (Wildman–Crippen MR) is 169 cm³/mol. The summed E-state index contributed by atoms with van der Waals surface area (Å²) < 4.78 is 10.3. The minimum Gasteiger partial charge on any atom is -0.508 e. The molecule has 3 aromatic carbocycles. The quantitative estimate of drug-likeness (QED) is 0.240. The number of fused-ring (bicyclic) bond motifs is 3. The van der Waals surface area contributed by atoms with Gasteiger partial charge in [0.1, 0.15) is 41.2 Å². The largest absolute Gasteiger partial charge is 0.508 e. The summed E-state index contributed by atoms with van der Waals surface area (Å²) in [5, 5.41) is 20.0. The molecule has 8 aromatic rings. The zero-order chi connectivity index (χ0) is 30.7. The first kappa shape index (κ1) is 26.5. The molecule has 0 amide bonds. The van der Waals surface area contributed by atoms with E-state index in [0.717, 1.165) is 9.79 Å². The number of phenols is 1. The van der Waals surface area contributed by atoms with Crippen LogP contribution in [-0.2, 0) is 6.54 Å². The molecule has 0 fully saturated rings.